The molecule has 0 fully saturated rings. The van der Waals surface area contributed by atoms with Crippen molar-refractivity contribution in [2.45, 2.75) is 0 Å². The molecular formula is C3H7NaO. The molecular weight excluding hydrogens is 75.0 g/mol. The fraction of sp³-hybridized carbons (Fsp3) is 0.333. The molecule has 0 rings (SSSR count). The van der Waals surface area contributed by atoms with E-state index in [4.69, 9.17) is 5.11 Å². The molecule has 0 bridgehead atoms. The summed E-state index contributed by atoms with van der Waals surface area (Å²) in [4.78, 5) is 0. The first-order chi connectivity index (χ1) is 1.91. The first-order valence-electron chi connectivity index (χ1n) is 1.13. The Morgan fingerprint density at radius 3 is 2.20 bits per heavy atom. The summed E-state index contributed by atoms with van der Waals surface area (Å²) in [6.45, 7) is 3.31. The summed E-state index contributed by atoms with van der Waals surface area (Å²) in [5.41, 5.74) is 0. The van der Waals surface area contributed by atoms with Gasteiger partial charge in [-0.1, -0.05) is 6.08 Å². The minimum atomic E-state index is 0. The maximum Gasteiger partial charge on any atom is 1.00 e. The number of rotatable bonds is 1. The van der Waals surface area contributed by atoms with Crippen molar-refractivity contribution in [2.24, 2.45) is 0 Å². The summed E-state index contributed by atoms with van der Waals surface area (Å²) < 4.78 is 0. The van der Waals surface area contributed by atoms with Crippen molar-refractivity contribution in [3.05, 3.63) is 12.7 Å². The SMILES string of the molecule is C=CCO.[H-].[Na+]. The smallest absolute Gasteiger partial charge is 1.00 e. The third-order valence-electron chi connectivity index (χ3n) is 0.129. The second-order valence-corrected chi connectivity index (χ2v) is 0.471. The average Bonchev–Trinajstić information content (AvgIpc) is 1.37. The van der Waals surface area contributed by atoms with Crippen molar-refractivity contribution in [3.8, 4) is 0 Å². The van der Waals surface area contributed by atoms with Gasteiger partial charge in [-0.3, -0.25) is 0 Å². The van der Waals surface area contributed by atoms with E-state index in [9.17, 15) is 0 Å². The van der Waals surface area contributed by atoms with E-state index < -0.39 is 0 Å². The Kier molecular flexibility index (Phi) is 16.2. The van der Waals surface area contributed by atoms with Crippen LogP contribution in [0.5, 0.6) is 0 Å². The standard InChI is InChI=1S/C3H6O.Na.H/c1-2-3-4;;/h2,4H,1,3H2;;/q;+1;-1. The Morgan fingerprint density at radius 1 is 2.00 bits per heavy atom. The molecule has 0 saturated heterocycles. The van der Waals surface area contributed by atoms with E-state index in [0.29, 0.717) is 0 Å². The maximum absolute atomic E-state index is 7.76. The van der Waals surface area contributed by atoms with Gasteiger partial charge in [-0.05, 0) is 0 Å². The minimum absolute atomic E-state index is 0. The van der Waals surface area contributed by atoms with Gasteiger partial charge in [-0.15, -0.1) is 6.58 Å². The van der Waals surface area contributed by atoms with E-state index >= 15 is 0 Å². The summed E-state index contributed by atoms with van der Waals surface area (Å²) in [6, 6.07) is 0. The zero-order chi connectivity index (χ0) is 3.41. The zero-order valence-corrected chi connectivity index (χ0v) is 5.44. The molecule has 5 heavy (non-hydrogen) atoms. The molecule has 0 aromatic heterocycles. The summed E-state index contributed by atoms with van der Waals surface area (Å²) in [7, 11) is 0. The molecule has 26 valence electrons. The quantitative estimate of drug-likeness (QED) is 0.269. The normalized spacial score (nSPS) is 5.00. The van der Waals surface area contributed by atoms with Gasteiger partial charge in [-0.25, -0.2) is 0 Å². The monoisotopic (exact) mass is 82.0 g/mol. The van der Waals surface area contributed by atoms with Crippen molar-refractivity contribution in [1.29, 1.82) is 0 Å². The van der Waals surface area contributed by atoms with Crippen LogP contribution in [0.15, 0.2) is 12.7 Å². The maximum atomic E-state index is 7.76. The molecule has 1 N–H and O–H groups in total. The minimum Gasteiger partial charge on any atom is -1.00 e. The molecule has 0 saturated carbocycles. The van der Waals surface area contributed by atoms with E-state index in [1.165, 1.54) is 6.08 Å². The van der Waals surface area contributed by atoms with Crippen LogP contribution in [0.25, 0.3) is 0 Å². The van der Waals surface area contributed by atoms with Crippen molar-refractivity contribution >= 4 is 0 Å². The van der Waals surface area contributed by atoms with Gasteiger partial charge >= 0.3 is 29.6 Å². The van der Waals surface area contributed by atoms with Crippen molar-refractivity contribution in [2.75, 3.05) is 6.61 Å². The molecule has 0 spiro atoms. The molecule has 0 amide bonds. The van der Waals surface area contributed by atoms with Gasteiger partial charge < -0.3 is 6.53 Å². The van der Waals surface area contributed by atoms with Crippen LogP contribution in [-0.2, 0) is 0 Å². The number of hydrogen-bond acceptors (Lipinski definition) is 1. The Bertz CT molecular complexity index is 24.8. The van der Waals surface area contributed by atoms with E-state index in [0.717, 1.165) is 0 Å². The molecule has 2 heteroatoms. The molecule has 0 radical (unpaired) electrons. The Morgan fingerprint density at radius 2 is 2.20 bits per heavy atom. The molecule has 0 atom stereocenters. The third kappa shape index (κ3) is 11.9. The number of aliphatic hydroxyl groups is 1. The third-order valence-corrected chi connectivity index (χ3v) is 0.129. The Hall–Kier alpha value is 0.700. The second-order valence-electron chi connectivity index (χ2n) is 0.471. The first-order valence-corrected chi connectivity index (χ1v) is 1.13. The van der Waals surface area contributed by atoms with Crippen molar-refractivity contribution in [1.82, 2.24) is 0 Å². The molecule has 0 aliphatic rings. The molecule has 0 aliphatic carbocycles. The van der Waals surface area contributed by atoms with Crippen LogP contribution in [0.2, 0.25) is 0 Å². The summed E-state index contributed by atoms with van der Waals surface area (Å²) >= 11 is 0. The van der Waals surface area contributed by atoms with Crippen LogP contribution >= 0.6 is 0 Å². The van der Waals surface area contributed by atoms with E-state index in [1.54, 1.807) is 0 Å². The summed E-state index contributed by atoms with van der Waals surface area (Å²) in [6.07, 6.45) is 1.43. The van der Waals surface area contributed by atoms with Gasteiger partial charge in [0.1, 0.15) is 0 Å². The molecule has 0 aromatic rings. The van der Waals surface area contributed by atoms with Gasteiger partial charge in [0.25, 0.3) is 0 Å². The molecule has 0 aliphatic heterocycles. The van der Waals surface area contributed by atoms with E-state index in [-0.39, 0.29) is 37.6 Å². The zero-order valence-electron chi connectivity index (χ0n) is 4.44. The van der Waals surface area contributed by atoms with Crippen LogP contribution in [-0.4, -0.2) is 11.7 Å². The summed E-state index contributed by atoms with van der Waals surface area (Å²) in [5, 5.41) is 7.76. The Balaban J connectivity index is -0.0000000450. The van der Waals surface area contributed by atoms with Crippen LogP contribution in [0.4, 0.5) is 0 Å². The van der Waals surface area contributed by atoms with Gasteiger partial charge in [0.05, 0.1) is 6.61 Å². The molecule has 0 unspecified atom stereocenters. The Labute approximate surface area is 55.5 Å². The van der Waals surface area contributed by atoms with Gasteiger partial charge in [0, 0.05) is 0 Å². The van der Waals surface area contributed by atoms with Crippen LogP contribution in [0.3, 0.4) is 0 Å². The van der Waals surface area contributed by atoms with E-state index in [2.05, 4.69) is 6.58 Å². The first kappa shape index (κ1) is 9.20. The van der Waals surface area contributed by atoms with Gasteiger partial charge in [0.15, 0.2) is 0 Å². The molecule has 0 heterocycles. The topological polar surface area (TPSA) is 20.2 Å². The van der Waals surface area contributed by atoms with Gasteiger partial charge in [0.2, 0.25) is 0 Å². The second kappa shape index (κ2) is 8.83. The number of aliphatic hydroxyl groups excluding tert-OH is 1. The van der Waals surface area contributed by atoms with Crippen molar-refractivity contribution in [3.63, 3.8) is 0 Å². The van der Waals surface area contributed by atoms with E-state index in [1.807, 2.05) is 0 Å². The fourth-order valence-corrected chi connectivity index (χ4v) is 0. The molecule has 1 nitrogen and oxygen atoms in total. The average molecular weight is 82.1 g/mol. The predicted octanol–water partition coefficient (Wildman–Crippen LogP) is -2.72. The summed E-state index contributed by atoms with van der Waals surface area (Å²) in [5.74, 6) is 0. The predicted molar refractivity (Wildman–Crippen MR) is 18.4 cm³/mol. The largest absolute Gasteiger partial charge is 1.00 e. The molecule has 0 aromatic carbocycles. The fourth-order valence-electron chi connectivity index (χ4n) is 0. The van der Waals surface area contributed by atoms with Crippen LogP contribution in [0, 0.1) is 0 Å². The van der Waals surface area contributed by atoms with Crippen LogP contribution in [0.1, 0.15) is 1.43 Å². The van der Waals surface area contributed by atoms with Crippen molar-refractivity contribution < 1.29 is 36.1 Å². The number of hydrogen-bond donors (Lipinski definition) is 1. The van der Waals surface area contributed by atoms with Gasteiger partial charge in [-0.2, -0.15) is 0 Å². The van der Waals surface area contributed by atoms with Crippen LogP contribution < -0.4 is 29.6 Å².